The van der Waals surface area contributed by atoms with E-state index < -0.39 is 0 Å². The molecule has 0 atom stereocenters. The van der Waals surface area contributed by atoms with Crippen LogP contribution in [0.15, 0.2) is 0 Å². The van der Waals surface area contributed by atoms with Gasteiger partial charge in [0.25, 0.3) is 5.91 Å². The summed E-state index contributed by atoms with van der Waals surface area (Å²) in [7, 11) is 0. The third kappa shape index (κ3) is 5.75. The lowest BCUT2D eigenvalue weighted by molar-refractivity contribution is 0.0917. The van der Waals surface area contributed by atoms with Gasteiger partial charge < -0.3 is 21.1 Å². The van der Waals surface area contributed by atoms with E-state index in [2.05, 4.69) is 29.5 Å². The molecule has 0 aliphatic carbocycles. The van der Waals surface area contributed by atoms with Crippen molar-refractivity contribution in [1.82, 2.24) is 10.3 Å². The average molecular weight is 300 g/mol. The summed E-state index contributed by atoms with van der Waals surface area (Å²) in [6.45, 7) is 6.74. The first-order valence-corrected chi connectivity index (χ1v) is 7.86. The summed E-state index contributed by atoms with van der Waals surface area (Å²) in [6.07, 6.45) is 3.15. The summed E-state index contributed by atoms with van der Waals surface area (Å²) < 4.78 is 5.38. The normalized spacial score (nSPS) is 10.5. The molecule has 0 radical (unpaired) electrons. The molecule has 0 fully saturated rings. The summed E-state index contributed by atoms with van der Waals surface area (Å²) >= 11 is 1.28. The van der Waals surface area contributed by atoms with Gasteiger partial charge in [-0.3, -0.25) is 4.79 Å². The molecule has 20 heavy (non-hydrogen) atoms. The molecule has 0 aliphatic heterocycles. The Morgan fingerprint density at radius 1 is 1.30 bits per heavy atom. The highest BCUT2D eigenvalue weighted by Gasteiger charge is 2.15. The van der Waals surface area contributed by atoms with Crippen molar-refractivity contribution in [3.8, 4) is 0 Å². The zero-order valence-electron chi connectivity index (χ0n) is 12.2. The number of nitrogen functional groups attached to an aromatic ring is 1. The molecule has 1 rings (SSSR count). The van der Waals surface area contributed by atoms with Crippen LogP contribution in [-0.2, 0) is 4.74 Å². The third-order valence-electron chi connectivity index (χ3n) is 2.56. The Kier molecular flexibility index (Phi) is 7.98. The highest BCUT2D eigenvalue weighted by molar-refractivity contribution is 7.18. The first-order chi connectivity index (χ1) is 9.69. The zero-order valence-corrected chi connectivity index (χ0v) is 13.0. The Labute approximate surface area is 124 Å². The maximum atomic E-state index is 11.9. The summed E-state index contributed by atoms with van der Waals surface area (Å²) in [5, 5.41) is 6.60. The van der Waals surface area contributed by atoms with Gasteiger partial charge in [-0.15, -0.1) is 0 Å². The van der Waals surface area contributed by atoms with Crippen LogP contribution in [0.25, 0.3) is 0 Å². The second kappa shape index (κ2) is 9.55. The maximum Gasteiger partial charge on any atom is 0.265 e. The van der Waals surface area contributed by atoms with Crippen LogP contribution in [0.2, 0.25) is 0 Å². The van der Waals surface area contributed by atoms with Gasteiger partial charge >= 0.3 is 0 Å². The van der Waals surface area contributed by atoms with E-state index in [-0.39, 0.29) is 11.7 Å². The molecule has 0 aromatic carbocycles. The molecule has 0 saturated carbocycles. The number of amides is 1. The van der Waals surface area contributed by atoms with E-state index in [0.717, 1.165) is 32.4 Å². The van der Waals surface area contributed by atoms with E-state index >= 15 is 0 Å². The van der Waals surface area contributed by atoms with Gasteiger partial charge in [-0.25, -0.2) is 4.98 Å². The molecule has 1 heterocycles. The Bertz CT molecular complexity index is 409. The molecule has 1 amide bonds. The van der Waals surface area contributed by atoms with Gasteiger partial charge in [0.15, 0.2) is 5.13 Å². The Hall–Kier alpha value is -1.34. The first-order valence-electron chi connectivity index (χ1n) is 7.05. The van der Waals surface area contributed by atoms with Gasteiger partial charge in [0, 0.05) is 19.7 Å². The van der Waals surface area contributed by atoms with Crippen LogP contribution in [0, 0.1) is 0 Å². The van der Waals surface area contributed by atoms with Crippen molar-refractivity contribution >= 4 is 28.2 Å². The summed E-state index contributed by atoms with van der Waals surface area (Å²) in [5.74, 6) is 0.0849. The second-order valence-electron chi connectivity index (χ2n) is 4.38. The van der Waals surface area contributed by atoms with Crippen molar-refractivity contribution in [2.45, 2.75) is 33.1 Å². The van der Waals surface area contributed by atoms with Gasteiger partial charge in [0.2, 0.25) is 0 Å². The first kappa shape index (κ1) is 16.7. The molecule has 0 spiro atoms. The number of carbonyl (C=O) groups is 1. The minimum Gasteiger partial charge on any atom is -0.382 e. The number of thiazole rings is 1. The molecule has 0 saturated heterocycles. The van der Waals surface area contributed by atoms with E-state index in [4.69, 9.17) is 10.5 Å². The highest BCUT2D eigenvalue weighted by Crippen LogP contribution is 2.24. The average Bonchev–Trinajstić information content (AvgIpc) is 2.81. The number of rotatable bonds is 10. The number of nitrogens with zero attached hydrogens (tertiary/aromatic N) is 1. The molecule has 0 bridgehead atoms. The third-order valence-corrected chi connectivity index (χ3v) is 3.59. The molecule has 0 aliphatic rings. The molecule has 6 nitrogen and oxygen atoms in total. The fourth-order valence-corrected chi connectivity index (χ4v) is 2.29. The van der Waals surface area contributed by atoms with Crippen molar-refractivity contribution in [3.05, 3.63) is 4.88 Å². The largest absolute Gasteiger partial charge is 0.382 e. The molecule has 1 aromatic heterocycles. The number of hydrogen-bond acceptors (Lipinski definition) is 6. The fourth-order valence-electron chi connectivity index (χ4n) is 1.47. The Morgan fingerprint density at radius 2 is 2.10 bits per heavy atom. The minimum atomic E-state index is -0.191. The van der Waals surface area contributed by atoms with Crippen molar-refractivity contribution < 1.29 is 9.53 Å². The number of nitrogens with two attached hydrogens (primary N) is 1. The molecular weight excluding hydrogens is 276 g/mol. The van der Waals surface area contributed by atoms with E-state index in [1.54, 1.807) is 0 Å². The van der Waals surface area contributed by atoms with E-state index in [1.807, 2.05) is 0 Å². The predicted octanol–water partition coefficient (Wildman–Crippen LogP) is 2.09. The second-order valence-corrected chi connectivity index (χ2v) is 5.38. The molecule has 4 N–H and O–H groups in total. The molecular formula is C13H24N4O2S. The van der Waals surface area contributed by atoms with Gasteiger partial charge in [-0.05, 0) is 12.8 Å². The Morgan fingerprint density at radius 3 is 2.80 bits per heavy atom. The van der Waals surface area contributed by atoms with Crippen molar-refractivity contribution in [3.63, 3.8) is 0 Å². The number of hydrogen-bond donors (Lipinski definition) is 3. The summed E-state index contributed by atoms with van der Waals surface area (Å²) in [6, 6.07) is 0. The number of ether oxygens (including phenoxy) is 1. The van der Waals surface area contributed by atoms with E-state index in [1.165, 1.54) is 11.3 Å². The number of nitrogens with one attached hydrogen (secondary N) is 2. The van der Waals surface area contributed by atoms with Crippen LogP contribution in [-0.4, -0.2) is 37.2 Å². The van der Waals surface area contributed by atoms with Crippen LogP contribution in [0.5, 0.6) is 0 Å². The molecule has 7 heteroatoms. The predicted molar refractivity (Wildman–Crippen MR) is 83.4 cm³/mol. The van der Waals surface area contributed by atoms with Gasteiger partial charge in [-0.2, -0.15) is 0 Å². The zero-order chi connectivity index (χ0) is 14.8. The Balaban J connectivity index is 2.33. The number of aromatic nitrogens is 1. The van der Waals surface area contributed by atoms with Crippen molar-refractivity contribution in [1.29, 1.82) is 0 Å². The summed E-state index contributed by atoms with van der Waals surface area (Å²) in [4.78, 5) is 16.5. The smallest absolute Gasteiger partial charge is 0.265 e. The lowest BCUT2D eigenvalue weighted by Gasteiger charge is -2.05. The lowest BCUT2D eigenvalue weighted by Crippen LogP contribution is -2.27. The van der Waals surface area contributed by atoms with Crippen LogP contribution in [0.3, 0.4) is 0 Å². The SMILES string of the molecule is CCCCOCCNC(=O)c1sc(NCCC)nc1N. The minimum absolute atomic E-state index is 0.191. The number of unbranched alkanes of at least 4 members (excludes halogenated alkanes) is 1. The van der Waals surface area contributed by atoms with E-state index in [0.29, 0.717) is 23.2 Å². The number of carbonyl (C=O) groups excluding carboxylic acids is 1. The number of anilines is 2. The van der Waals surface area contributed by atoms with Crippen LogP contribution in [0.1, 0.15) is 42.8 Å². The van der Waals surface area contributed by atoms with Gasteiger partial charge in [0.1, 0.15) is 10.7 Å². The quantitative estimate of drug-likeness (QED) is 0.576. The fraction of sp³-hybridized carbons (Fsp3) is 0.692. The van der Waals surface area contributed by atoms with E-state index in [9.17, 15) is 4.79 Å². The van der Waals surface area contributed by atoms with Crippen molar-refractivity contribution in [2.75, 3.05) is 37.4 Å². The highest BCUT2D eigenvalue weighted by atomic mass is 32.1. The topological polar surface area (TPSA) is 89.3 Å². The van der Waals surface area contributed by atoms with Gasteiger partial charge in [0.05, 0.1) is 6.61 Å². The van der Waals surface area contributed by atoms with Gasteiger partial charge in [-0.1, -0.05) is 31.6 Å². The van der Waals surface area contributed by atoms with Crippen LogP contribution >= 0.6 is 11.3 Å². The molecule has 0 unspecified atom stereocenters. The molecule has 1 aromatic rings. The standard InChI is InChI=1S/C13H24N4O2S/c1-3-5-8-19-9-7-15-12(18)10-11(14)17-13(20-10)16-6-4-2/h3-9,14H2,1-2H3,(H,15,18)(H,16,17). The molecule has 114 valence electrons. The summed E-state index contributed by atoms with van der Waals surface area (Å²) in [5.41, 5.74) is 5.75. The van der Waals surface area contributed by atoms with Crippen molar-refractivity contribution in [2.24, 2.45) is 0 Å². The van der Waals surface area contributed by atoms with Crippen LogP contribution < -0.4 is 16.4 Å². The monoisotopic (exact) mass is 300 g/mol. The maximum absolute atomic E-state index is 11.9. The lowest BCUT2D eigenvalue weighted by atomic mass is 10.4. The van der Waals surface area contributed by atoms with Crippen LogP contribution in [0.4, 0.5) is 10.9 Å².